The zero-order valence-electron chi connectivity index (χ0n) is 60.6. The van der Waals surface area contributed by atoms with Crippen molar-refractivity contribution in [2.24, 2.45) is 0 Å². The van der Waals surface area contributed by atoms with Gasteiger partial charge in [0, 0.05) is 54.8 Å². The van der Waals surface area contributed by atoms with Gasteiger partial charge in [0.05, 0.1) is 55.0 Å². The Morgan fingerprint density at radius 2 is 0.721 bits per heavy atom. The van der Waals surface area contributed by atoms with Crippen molar-refractivity contribution < 1.29 is 136 Å². The highest BCUT2D eigenvalue weighted by atomic mass is 127. The van der Waals surface area contributed by atoms with E-state index in [9.17, 15) is 57.7 Å². The molecule has 0 atom stereocenters. The van der Waals surface area contributed by atoms with Crippen LogP contribution in [0.15, 0.2) is 211 Å². The predicted molar refractivity (Wildman–Crippen MR) is 494 cm³/mol. The number of carbonyl (C=O) groups excluding carboxylic acids is 3. The lowest BCUT2D eigenvalue weighted by Gasteiger charge is -2.18. The molecular weight excluding hydrogens is 2840 g/mol. The summed E-state index contributed by atoms with van der Waals surface area (Å²) in [7, 11) is -13.0. The van der Waals surface area contributed by atoms with Crippen molar-refractivity contribution in [2.75, 3.05) is 24.7 Å². The summed E-state index contributed by atoms with van der Waals surface area (Å²) in [5.41, 5.74) is 8.91. The summed E-state index contributed by atoms with van der Waals surface area (Å²) in [6.07, 6.45) is 0.0182. The highest BCUT2D eigenvalue weighted by molar-refractivity contribution is 14.1. The molecule has 0 N–H and O–H groups in total. The fourth-order valence-electron chi connectivity index (χ4n) is 9.05. The monoisotopic (exact) mass is 2910 g/mol. The predicted octanol–water partition coefficient (Wildman–Crippen LogP) is 11.9. The maximum absolute atomic E-state index is 12.6. The summed E-state index contributed by atoms with van der Waals surface area (Å²) < 4.78 is 139. The van der Waals surface area contributed by atoms with Crippen LogP contribution in [0.4, 0.5) is 4.39 Å². The van der Waals surface area contributed by atoms with Gasteiger partial charge in [0.15, 0.2) is 21.4 Å². The first-order chi connectivity index (χ1) is 51.8. The molecule has 0 saturated heterocycles. The van der Waals surface area contributed by atoms with Crippen LogP contribution in [0.25, 0.3) is 0 Å². The van der Waals surface area contributed by atoms with Gasteiger partial charge in [-0.2, -0.15) is 0 Å². The van der Waals surface area contributed by atoms with E-state index in [2.05, 4.69) is 369 Å². The second kappa shape index (κ2) is 48.5. The van der Waals surface area contributed by atoms with Crippen molar-refractivity contribution in [3.63, 3.8) is 0 Å². The SMILES string of the molecule is CC(C)(C)c1ccc([I+]c2ccc(C(C)(C)C)cc2)cc1.Cc1cc(C)c([I+]c2ccccc2)c(C)c1.Fc1ccc([I+]c2ccccc2)cc1.O=C(OCCCS(=O)(=O)[O-])c1cc(I)cc(I)c1I.O=C(OCCCS(=O)(=O)[O-])c1cc(I)cc(I)c1I.O=C(Oc1ccc(S(=O)(=O)[O-])cc1)c1cc(I)cc(I)c1I. The summed E-state index contributed by atoms with van der Waals surface area (Å²) in [6, 6.07) is 66.6. The second-order valence-corrected chi connectivity index (χ2v) is 49.4. The second-order valence-electron chi connectivity index (χ2n) is 25.6. The van der Waals surface area contributed by atoms with E-state index in [0.29, 0.717) is 16.7 Å². The van der Waals surface area contributed by atoms with Crippen LogP contribution in [0.5, 0.6) is 5.75 Å². The summed E-state index contributed by atoms with van der Waals surface area (Å²) in [6.45, 7) is 20.1. The third-order valence-electron chi connectivity index (χ3n) is 14.4. The van der Waals surface area contributed by atoms with Crippen LogP contribution in [-0.4, -0.2) is 81.5 Å². The first kappa shape index (κ1) is 101. The molecule has 10 aromatic carbocycles. The summed E-state index contributed by atoms with van der Waals surface area (Å²) >= 11 is 18.6. The topological polar surface area (TPSA) is 250 Å². The average Bonchev–Trinajstić information content (AvgIpc) is 0.850. The number of halogens is 13. The van der Waals surface area contributed by atoms with Gasteiger partial charge in [0.25, 0.3) is 0 Å². The fourth-order valence-corrected chi connectivity index (χ4v) is 24.5. The van der Waals surface area contributed by atoms with Gasteiger partial charge in [-0.3, -0.25) is 0 Å². The molecule has 0 heterocycles. The molecule has 0 aliphatic carbocycles. The first-order valence-corrected chi connectivity index (χ1v) is 53.5. The Morgan fingerprint density at radius 3 is 1.05 bits per heavy atom. The molecule has 0 unspecified atom stereocenters. The molecule has 15 nitrogen and oxygen atoms in total. The first-order valence-electron chi connectivity index (χ1n) is 32.8. The Kier molecular flexibility index (Phi) is 43.9. The van der Waals surface area contributed by atoms with Gasteiger partial charge in [-0.15, -0.1) is 0 Å². The molecule has 10 aromatic rings. The van der Waals surface area contributed by atoms with Crippen LogP contribution >= 0.6 is 203 Å². The van der Waals surface area contributed by atoms with Gasteiger partial charge in [-0.05, 0) is 392 Å². The van der Waals surface area contributed by atoms with Gasteiger partial charge in [-0.25, -0.2) is 44.0 Å². The van der Waals surface area contributed by atoms with E-state index in [1.54, 1.807) is 21.8 Å². The number of ether oxygens (including phenoxy) is 3. The zero-order chi connectivity index (χ0) is 82.8. The number of aryl methyl sites for hydroxylation is 3. The Morgan fingerprint density at radius 1 is 0.405 bits per heavy atom. The molecule has 0 aliphatic rings. The zero-order valence-corrected chi connectivity index (χ0v) is 89.0. The molecule has 0 spiro atoms. The minimum atomic E-state index is -4.51. The van der Waals surface area contributed by atoms with E-state index >= 15 is 0 Å². The van der Waals surface area contributed by atoms with Crippen LogP contribution in [0.2, 0.25) is 0 Å². The van der Waals surface area contributed by atoms with E-state index in [-0.39, 0.29) is 117 Å². The van der Waals surface area contributed by atoms with Gasteiger partial charge < -0.3 is 27.9 Å². The van der Waals surface area contributed by atoms with Crippen molar-refractivity contribution in [3.05, 3.63) is 310 Å². The Labute approximate surface area is 805 Å². The normalized spacial score (nSPS) is 11.3. The molecule has 0 aromatic heterocycles. The molecule has 10 rings (SSSR count). The van der Waals surface area contributed by atoms with Gasteiger partial charge in [0.1, 0.15) is 21.7 Å². The molecule has 0 bridgehead atoms. The summed E-state index contributed by atoms with van der Waals surface area (Å²) in [4.78, 5) is 35.5. The van der Waals surface area contributed by atoms with Crippen LogP contribution in [0, 0.1) is 80.1 Å². The van der Waals surface area contributed by atoms with E-state index < -0.39 is 59.8 Å². The standard InChI is InChI=1S/C20H26I.C15H16I.C13H7I3O5S.C12H9FI.2C10H9I3O5S/c1-19(2,3)15-7-11-17(12-8-15)21-18-13-9-16(10-14-18)20(4,5)6;1-11-9-12(2)15(13(3)10-11)16-14-7-5-4-6-8-14;14-7-5-10(12(16)11(15)6-7)13(17)21-8-1-3-9(4-2-8)22(18,19)20;13-10-6-8-12(9-7-10)14-11-4-2-1-3-5-11;2*11-6-4-7(9(13)8(12)5-6)10(14)18-2-1-3-19(15,16)17/h7-14H,1-6H3;4-10H,1-3H3;1-6H,(H,18,19,20);1-9H;2*4-5H,1-3H2,(H,15,16,17)/q2*+1;;+1;;/p-3. The van der Waals surface area contributed by atoms with Crippen molar-refractivity contribution in [1.29, 1.82) is 0 Å². The van der Waals surface area contributed by atoms with E-state index in [1.807, 2.05) is 48.5 Å². The average molecular weight is 2910 g/mol. The highest BCUT2D eigenvalue weighted by Crippen LogP contribution is 2.28. The number of hydrogen-bond acceptors (Lipinski definition) is 15. The number of esters is 3. The number of benzene rings is 10. The minimum Gasteiger partial charge on any atom is -0.748 e. The lowest BCUT2D eigenvalue weighted by Crippen LogP contribution is -3.62. The van der Waals surface area contributed by atoms with Crippen LogP contribution in [-0.2, 0) is 50.7 Å². The molecule has 0 fully saturated rings. The Bertz CT molecular complexity index is 4950. The van der Waals surface area contributed by atoms with Gasteiger partial charge in [-0.1, -0.05) is 120 Å². The molecule has 0 amide bonds. The molecule has 592 valence electrons. The highest BCUT2D eigenvalue weighted by Gasteiger charge is 2.24. The van der Waals surface area contributed by atoms with E-state index in [4.69, 9.17) is 14.2 Å². The minimum absolute atomic E-state index is 0.00910. The van der Waals surface area contributed by atoms with Crippen molar-refractivity contribution >= 4 is 252 Å². The van der Waals surface area contributed by atoms with Gasteiger partial charge in [0.2, 0.25) is 0 Å². The van der Waals surface area contributed by atoms with E-state index in [0.717, 1.165) is 44.3 Å². The number of hydrogen-bond donors (Lipinski definition) is 0. The van der Waals surface area contributed by atoms with Crippen LogP contribution in [0.3, 0.4) is 0 Å². The molecule has 111 heavy (non-hydrogen) atoms. The fraction of sp³-hybridized carbons (Fsp3) is 0.212. The molecule has 0 radical (unpaired) electrons. The van der Waals surface area contributed by atoms with Crippen molar-refractivity contribution in [2.45, 2.75) is 90.9 Å². The lowest BCUT2D eigenvalue weighted by atomic mass is 9.87. The number of rotatable bonds is 19. The Balaban J connectivity index is 0.000000239. The maximum Gasteiger partial charge on any atom is 0.358 e. The molecule has 31 heteroatoms. The van der Waals surface area contributed by atoms with Crippen molar-refractivity contribution in [3.8, 4) is 5.75 Å². The molecule has 0 aliphatic heterocycles. The quantitative estimate of drug-likeness (QED) is 0.0182. The van der Waals surface area contributed by atoms with Crippen LogP contribution in [0.1, 0.15) is 113 Å². The summed E-state index contributed by atoms with van der Waals surface area (Å²) in [5, 5.41) is 0. The third kappa shape index (κ3) is 38.1. The lowest BCUT2D eigenvalue weighted by molar-refractivity contribution is -0.598. The Hall–Kier alpha value is -0.970. The maximum atomic E-state index is 12.6. The third-order valence-corrected chi connectivity index (χ3v) is 36.8. The molecular formula is C80H73FI12O15S3. The van der Waals surface area contributed by atoms with Gasteiger partial charge >= 0.3 is 81.5 Å². The number of carbonyl (C=O) groups is 3. The van der Waals surface area contributed by atoms with E-state index in [1.165, 1.54) is 69.9 Å². The van der Waals surface area contributed by atoms with Crippen LogP contribution < -0.4 is 68.4 Å². The summed E-state index contributed by atoms with van der Waals surface area (Å²) in [5.74, 6) is -2.61. The largest absolute Gasteiger partial charge is 0.748 e. The van der Waals surface area contributed by atoms with Crippen molar-refractivity contribution in [1.82, 2.24) is 0 Å². The smallest absolute Gasteiger partial charge is 0.358 e. The molecule has 0 saturated carbocycles.